The predicted octanol–water partition coefficient (Wildman–Crippen LogP) is 1.08. The van der Waals surface area contributed by atoms with Crippen LogP contribution in [0.4, 0.5) is 11.4 Å². The first kappa shape index (κ1) is 13.8. The number of aromatic nitrogens is 2. The largest absolute Gasteiger partial charge is 0.398 e. The Morgan fingerprint density at radius 2 is 2.15 bits per heavy atom. The zero-order valence-corrected chi connectivity index (χ0v) is 11.4. The van der Waals surface area contributed by atoms with Gasteiger partial charge in [-0.2, -0.15) is 0 Å². The summed E-state index contributed by atoms with van der Waals surface area (Å²) in [6.45, 7) is 3.55. The fourth-order valence-corrected chi connectivity index (χ4v) is 1.81. The molecule has 0 saturated carbocycles. The lowest BCUT2D eigenvalue weighted by molar-refractivity contribution is -0.116. The van der Waals surface area contributed by atoms with Crippen LogP contribution in [-0.2, 0) is 11.3 Å². The Morgan fingerprint density at radius 1 is 1.40 bits per heavy atom. The summed E-state index contributed by atoms with van der Waals surface area (Å²) in [5, 5.41) is 2.74. The van der Waals surface area contributed by atoms with Crippen molar-refractivity contribution in [2.75, 3.05) is 11.1 Å². The van der Waals surface area contributed by atoms with Crippen LogP contribution in [0.3, 0.4) is 0 Å². The molecule has 0 aliphatic carbocycles. The van der Waals surface area contributed by atoms with Gasteiger partial charge in [-0.25, -0.2) is 9.78 Å². The fraction of sp³-hybridized carbons (Fsp3) is 0.214. The summed E-state index contributed by atoms with van der Waals surface area (Å²) < 4.78 is 1.27. The minimum absolute atomic E-state index is 0.0816. The number of anilines is 2. The summed E-state index contributed by atoms with van der Waals surface area (Å²) in [4.78, 5) is 27.2. The number of nitrogens with two attached hydrogens (primary N) is 1. The van der Waals surface area contributed by atoms with Gasteiger partial charge in [-0.1, -0.05) is 6.07 Å². The van der Waals surface area contributed by atoms with E-state index in [2.05, 4.69) is 10.3 Å². The molecule has 0 saturated heterocycles. The third-order valence-corrected chi connectivity index (χ3v) is 2.95. The number of aryl methyl sites for hydroxylation is 1. The molecule has 0 bridgehead atoms. The maximum Gasteiger partial charge on any atom is 0.347 e. The molecule has 1 heterocycles. The maximum absolute atomic E-state index is 12.0. The molecule has 0 fully saturated rings. The zero-order valence-electron chi connectivity index (χ0n) is 11.4. The predicted molar refractivity (Wildman–Crippen MR) is 77.5 cm³/mol. The second-order valence-corrected chi connectivity index (χ2v) is 4.61. The molecule has 0 unspecified atom stereocenters. The second kappa shape index (κ2) is 5.56. The molecule has 1 amide bonds. The molecule has 6 nitrogen and oxygen atoms in total. The number of nitrogens with one attached hydrogen (secondary N) is 1. The first-order valence-corrected chi connectivity index (χ1v) is 6.15. The molecule has 104 valence electrons. The van der Waals surface area contributed by atoms with Crippen LogP contribution in [0.1, 0.15) is 11.1 Å². The average molecular weight is 272 g/mol. The first-order chi connectivity index (χ1) is 9.47. The zero-order chi connectivity index (χ0) is 14.7. The molecule has 1 aromatic heterocycles. The number of rotatable bonds is 3. The minimum Gasteiger partial charge on any atom is -0.398 e. The van der Waals surface area contributed by atoms with Crippen molar-refractivity contribution in [2.45, 2.75) is 20.4 Å². The van der Waals surface area contributed by atoms with Gasteiger partial charge in [-0.05, 0) is 37.1 Å². The molecular formula is C14H16N4O2. The molecule has 1 aromatic carbocycles. The van der Waals surface area contributed by atoms with Crippen molar-refractivity contribution in [1.82, 2.24) is 9.55 Å². The molecule has 0 aliphatic rings. The fourth-order valence-electron chi connectivity index (χ4n) is 1.81. The number of carbonyl (C=O) groups is 1. The molecule has 0 spiro atoms. The standard InChI is InChI=1S/C14H16N4O2/c1-9-6-16-14(20)18(7-9)8-13(19)17-12-5-3-4-11(15)10(12)2/h3-7H,8,15H2,1-2H3,(H,17,19). The molecule has 3 N–H and O–H groups in total. The third-order valence-electron chi connectivity index (χ3n) is 2.95. The molecule has 0 radical (unpaired) electrons. The highest BCUT2D eigenvalue weighted by Crippen LogP contribution is 2.20. The van der Waals surface area contributed by atoms with Crippen molar-refractivity contribution >= 4 is 17.3 Å². The van der Waals surface area contributed by atoms with Crippen molar-refractivity contribution in [2.24, 2.45) is 0 Å². The summed E-state index contributed by atoms with van der Waals surface area (Å²) in [6, 6.07) is 5.29. The van der Waals surface area contributed by atoms with Crippen LogP contribution in [0.15, 0.2) is 35.4 Å². The van der Waals surface area contributed by atoms with E-state index in [1.165, 1.54) is 10.8 Å². The lowest BCUT2D eigenvalue weighted by Crippen LogP contribution is -2.29. The smallest absolute Gasteiger partial charge is 0.347 e. The minimum atomic E-state index is -0.449. The highest BCUT2D eigenvalue weighted by Gasteiger charge is 2.08. The van der Waals surface area contributed by atoms with Crippen LogP contribution in [0.2, 0.25) is 0 Å². The quantitative estimate of drug-likeness (QED) is 0.818. The van der Waals surface area contributed by atoms with E-state index in [-0.39, 0.29) is 12.5 Å². The van der Waals surface area contributed by atoms with Gasteiger partial charge in [0.1, 0.15) is 6.54 Å². The lowest BCUT2D eigenvalue weighted by Gasteiger charge is -2.11. The molecule has 20 heavy (non-hydrogen) atoms. The monoisotopic (exact) mass is 272 g/mol. The van der Waals surface area contributed by atoms with Crippen molar-refractivity contribution in [1.29, 1.82) is 0 Å². The van der Waals surface area contributed by atoms with Gasteiger partial charge in [-0.15, -0.1) is 0 Å². The van der Waals surface area contributed by atoms with Gasteiger partial charge >= 0.3 is 5.69 Å². The van der Waals surface area contributed by atoms with Crippen LogP contribution in [-0.4, -0.2) is 15.5 Å². The van der Waals surface area contributed by atoms with E-state index in [1.807, 2.05) is 13.8 Å². The number of amides is 1. The SMILES string of the molecule is Cc1cnc(=O)n(CC(=O)Nc2cccc(N)c2C)c1. The summed E-state index contributed by atoms with van der Waals surface area (Å²) in [6.07, 6.45) is 3.07. The molecule has 6 heteroatoms. The molecule has 2 rings (SSSR count). The van der Waals surface area contributed by atoms with Crippen molar-refractivity contribution in [3.05, 3.63) is 52.2 Å². The normalized spacial score (nSPS) is 10.3. The number of benzene rings is 1. The highest BCUT2D eigenvalue weighted by atomic mass is 16.2. The van der Waals surface area contributed by atoms with E-state index < -0.39 is 5.69 Å². The van der Waals surface area contributed by atoms with Gasteiger partial charge in [0.05, 0.1) is 0 Å². The Balaban J connectivity index is 2.15. The molecule has 2 aromatic rings. The Bertz CT molecular complexity index is 707. The van der Waals surface area contributed by atoms with E-state index in [0.29, 0.717) is 11.4 Å². The maximum atomic E-state index is 12.0. The number of nitrogens with zero attached hydrogens (tertiary/aromatic N) is 2. The van der Waals surface area contributed by atoms with Crippen LogP contribution < -0.4 is 16.7 Å². The Kier molecular flexibility index (Phi) is 3.84. The van der Waals surface area contributed by atoms with Gasteiger partial charge < -0.3 is 11.1 Å². The van der Waals surface area contributed by atoms with Crippen LogP contribution in [0, 0.1) is 13.8 Å². The van der Waals surface area contributed by atoms with E-state index in [4.69, 9.17) is 5.73 Å². The Labute approximate surface area is 116 Å². The number of hydrogen-bond acceptors (Lipinski definition) is 4. The van der Waals surface area contributed by atoms with E-state index in [0.717, 1.165) is 11.1 Å². The van der Waals surface area contributed by atoms with Crippen LogP contribution in [0.25, 0.3) is 0 Å². The number of carbonyl (C=O) groups excluding carboxylic acids is 1. The third kappa shape index (κ3) is 3.03. The first-order valence-electron chi connectivity index (χ1n) is 6.15. The van der Waals surface area contributed by atoms with E-state index in [9.17, 15) is 9.59 Å². The number of hydrogen-bond donors (Lipinski definition) is 2. The Morgan fingerprint density at radius 3 is 2.90 bits per heavy atom. The summed E-state index contributed by atoms with van der Waals surface area (Å²) in [5.74, 6) is -0.298. The van der Waals surface area contributed by atoms with Crippen LogP contribution in [0.5, 0.6) is 0 Å². The molecular weight excluding hydrogens is 256 g/mol. The van der Waals surface area contributed by atoms with Crippen molar-refractivity contribution in [3.8, 4) is 0 Å². The molecule has 0 atom stereocenters. The van der Waals surface area contributed by atoms with Crippen molar-refractivity contribution < 1.29 is 4.79 Å². The summed E-state index contributed by atoms with van der Waals surface area (Å²) in [7, 11) is 0. The summed E-state index contributed by atoms with van der Waals surface area (Å²) >= 11 is 0. The number of nitrogen functional groups attached to an aromatic ring is 1. The topological polar surface area (TPSA) is 90.0 Å². The van der Waals surface area contributed by atoms with Gasteiger partial charge in [0.15, 0.2) is 0 Å². The van der Waals surface area contributed by atoms with Crippen LogP contribution >= 0.6 is 0 Å². The Hall–Kier alpha value is -2.63. The van der Waals surface area contributed by atoms with E-state index in [1.54, 1.807) is 24.4 Å². The summed E-state index contributed by atoms with van der Waals surface area (Å²) in [5.41, 5.74) is 8.20. The van der Waals surface area contributed by atoms with Crippen molar-refractivity contribution in [3.63, 3.8) is 0 Å². The van der Waals surface area contributed by atoms with Gasteiger partial charge in [0.2, 0.25) is 5.91 Å². The molecule has 0 aliphatic heterocycles. The van der Waals surface area contributed by atoms with Gasteiger partial charge in [-0.3, -0.25) is 9.36 Å². The van der Waals surface area contributed by atoms with Gasteiger partial charge in [0, 0.05) is 23.8 Å². The van der Waals surface area contributed by atoms with E-state index >= 15 is 0 Å². The van der Waals surface area contributed by atoms with Gasteiger partial charge in [0.25, 0.3) is 0 Å². The highest BCUT2D eigenvalue weighted by molar-refractivity contribution is 5.92. The lowest BCUT2D eigenvalue weighted by atomic mass is 10.1. The second-order valence-electron chi connectivity index (χ2n) is 4.61. The average Bonchev–Trinajstić information content (AvgIpc) is 2.39.